The van der Waals surface area contributed by atoms with E-state index in [4.69, 9.17) is 4.55 Å². The number of halogens is 3. The zero-order chi connectivity index (χ0) is 18.5. The first-order valence-electron chi connectivity index (χ1n) is 6.46. The number of amides is 1. The Kier molecular flexibility index (Phi) is 6.32. The molecule has 0 aromatic heterocycles. The van der Waals surface area contributed by atoms with Crippen LogP contribution in [0.1, 0.15) is 22.3 Å². The fraction of sp³-hybridized carbons (Fsp3) is 0.385. The minimum absolute atomic E-state index is 0.564. The topological polar surface area (TPSA) is 110 Å². The summed E-state index contributed by atoms with van der Waals surface area (Å²) in [6.07, 6.45) is -5.35. The molecule has 2 N–H and O–H groups in total. The third kappa shape index (κ3) is 5.81. The minimum atomic E-state index is -4.79. The maximum atomic E-state index is 12.9. The average Bonchev–Trinajstić information content (AvgIpc) is 2.48. The summed E-state index contributed by atoms with van der Waals surface area (Å²) in [5.74, 6) is -3.17. The summed E-state index contributed by atoms with van der Waals surface area (Å²) < 4.78 is 73.2. The van der Waals surface area contributed by atoms with Gasteiger partial charge in [-0.25, -0.2) is 4.79 Å². The van der Waals surface area contributed by atoms with Gasteiger partial charge in [0.15, 0.2) is 0 Å². The van der Waals surface area contributed by atoms with Crippen molar-refractivity contribution in [2.75, 3.05) is 12.9 Å². The number of carbonyl (C=O) groups is 2. The number of carbonyl (C=O) groups excluding carboxylic acids is 2. The Labute approximate surface area is 135 Å². The van der Waals surface area contributed by atoms with Crippen molar-refractivity contribution in [3.05, 3.63) is 35.4 Å². The lowest BCUT2D eigenvalue weighted by atomic mass is 10.1. The van der Waals surface area contributed by atoms with E-state index < -0.39 is 57.5 Å². The van der Waals surface area contributed by atoms with Crippen molar-refractivity contribution < 1.29 is 40.5 Å². The number of nitrogens with one attached hydrogen (secondary N) is 1. The Bertz CT molecular complexity index is 717. The van der Waals surface area contributed by atoms with E-state index in [0.717, 1.165) is 19.2 Å². The number of benzene rings is 1. The molecule has 0 heterocycles. The van der Waals surface area contributed by atoms with Crippen molar-refractivity contribution in [3.8, 4) is 0 Å². The Morgan fingerprint density at radius 2 is 1.88 bits per heavy atom. The summed E-state index contributed by atoms with van der Waals surface area (Å²) in [5.41, 5.74) is -1.94. The Hall–Kier alpha value is -2.14. The molecular formula is C13H14F3NO6S. The van der Waals surface area contributed by atoms with Crippen molar-refractivity contribution in [2.24, 2.45) is 0 Å². The van der Waals surface area contributed by atoms with Crippen LogP contribution in [0.2, 0.25) is 0 Å². The van der Waals surface area contributed by atoms with E-state index >= 15 is 0 Å². The van der Waals surface area contributed by atoms with Crippen LogP contribution in [0.3, 0.4) is 0 Å². The van der Waals surface area contributed by atoms with Crippen LogP contribution < -0.4 is 5.32 Å². The normalized spacial score (nSPS) is 13.2. The summed E-state index contributed by atoms with van der Waals surface area (Å²) in [5, 5.41) is 1.98. The highest BCUT2D eigenvalue weighted by atomic mass is 32.2. The highest BCUT2D eigenvalue weighted by Crippen LogP contribution is 2.31. The van der Waals surface area contributed by atoms with Crippen LogP contribution in [0, 0.1) is 0 Å². The van der Waals surface area contributed by atoms with Gasteiger partial charge in [-0.2, -0.15) is 21.6 Å². The molecular weight excluding hydrogens is 355 g/mol. The quantitative estimate of drug-likeness (QED) is 0.577. The molecule has 0 unspecified atom stereocenters. The SMILES string of the molecule is COC(=O)[C@H](CCS(=O)(=O)O)NC(=O)c1ccccc1C(F)(F)F. The molecule has 1 atom stereocenters. The summed E-state index contributed by atoms with van der Waals surface area (Å²) in [6, 6.07) is 2.37. The monoisotopic (exact) mass is 369 g/mol. The van der Waals surface area contributed by atoms with Crippen molar-refractivity contribution in [1.29, 1.82) is 0 Å². The summed E-state index contributed by atoms with van der Waals surface area (Å²) in [4.78, 5) is 23.6. The molecule has 1 rings (SSSR count). The zero-order valence-electron chi connectivity index (χ0n) is 12.3. The number of esters is 1. The number of hydrogen-bond donors (Lipinski definition) is 2. The molecule has 134 valence electrons. The molecule has 1 aromatic rings. The third-order valence-corrected chi connectivity index (χ3v) is 3.68. The number of methoxy groups -OCH3 is 1. The molecule has 11 heteroatoms. The van der Waals surface area contributed by atoms with E-state index in [1.54, 1.807) is 0 Å². The van der Waals surface area contributed by atoms with Crippen LogP contribution in [0.15, 0.2) is 24.3 Å². The number of alkyl halides is 3. The highest BCUT2D eigenvalue weighted by molar-refractivity contribution is 7.85. The van der Waals surface area contributed by atoms with E-state index in [2.05, 4.69) is 4.74 Å². The van der Waals surface area contributed by atoms with Crippen molar-refractivity contribution in [1.82, 2.24) is 5.32 Å². The Morgan fingerprint density at radius 1 is 1.29 bits per heavy atom. The molecule has 0 bridgehead atoms. The van der Waals surface area contributed by atoms with E-state index in [-0.39, 0.29) is 0 Å². The van der Waals surface area contributed by atoms with Gasteiger partial charge in [0.2, 0.25) is 0 Å². The number of hydrogen-bond acceptors (Lipinski definition) is 5. The molecule has 0 aliphatic heterocycles. The molecule has 0 fully saturated rings. The van der Waals surface area contributed by atoms with Crippen LogP contribution in [-0.4, -0.2) is 43.8 Å². The van der Waals surface area contributed by atoms with Crippen LogP contribution in [0.4, 0.5) is 13.2 Å². The average molecular weight is 369 g/mol. The van der Waals surface area contributed by atoms with Crippen LogP contribution in [-0.2, 0) is 25.8 Å². The van der Waals surface area contributed by atoms with Crippen molar-refractivity contribution in [3.63, 3.8) is 0 Å². The minimum Gasteiger partial charge on any atom is -0.467 e. The Morgan fingerprint density at radius 3 is 2.38 bits per heavy atom. The van der Waals surface area contributed by atoms with Crippen LogP contribution in [0.25, 0.3) is 0 Å². The second-order valence-corrected chi connectivity index (χ2v) is 6.24. The van der Waals surface area contributed by atoms with Gasteiger partial charge in [-0.15, -0.1) is 0 Å². The molecule has 0 radical (unpaired) electrons. The van der Waals surface area contributed by atoms with E-state index in [0.29, 0.717) is 6.07 Å². The third-order valence-electron chi connectivity index (χ3n) is 2.93. The first-order valence-corrected chi connectivity index (χ1v) is 8.06. The van der Waals surface area contributed by atoms with E-state index in [1.165, 1.54) is 6.07 Å². The van der Waals surface area contributed by atoms with Gasteiger partial charge in [0.05, 0.1) is 24.0 Å². The predicted molar refractivity (Wildman–Crippen MR) is 75.7 cm³/mol. The highest BCUT2D eigenvalue weighted by Gasteiger charge is 2.35. The van der Waals surface area contributed by atoms with Gasteiger partial charge >= 0.3 is 12.1 Å². The first-order chi connectivity index (χ1) is 11.0. The van der Waals surface area contributed by atoms with Gasteiger partial charge in [0, 0.05) is 0 Å². The van der Waals surface area contributed by atoms with E-state index in [9.17, 15) is 31.2 Å². The van der Waals surface area contributed by atoms with Crippen LogP contribution >= 0.6 is 0 Å². The second-order valence-electron chi connectivity index (χ2n) is 4.67. The lowest BCUT2D eigenvalue weighted by Gasteiger charge is -2.18. The van der Waals surface area contributed by atoms with Crippen molar-refractivity contribution >= 4 is 22.0 Å². The summed E-state index contributed by atoms with van der Waals surface area (Å²) >= 11 is 0. The maximum absolute atomic E-state index is 12.9. The molecule has 7 nitrogen and oxygen atoms in total. The second kappa shape index (κ2) is 7.62. The standard InChI is InChI=1S/C13H14F3NO6S/c1-23-12(19)10(6-7-24(20,21)22)17-11(18)8-4-2-3-5-9(8)13(14,15)16/h2-5,10H,6-7H2,1H3,(H,17,18)(H,20,21,22)/t10-/m0/s1. The molecule has 0 saturated heterocycles. The van der Waals surface area contributed by atoms with Gasteiger partial charge in [-0.3, -0.25) is 9.35 Å². The molecule has 0 aliphatic rings. The molecule has 24 heavy (non-hydrogen) atoms. The van der Waals surface area contributed by atoms with Gasteiger partial charge in [-0.05, 0) is 18.6 Å². The van der Waals surface area contributed by atoms with Crippen molar-refractivity contribution in [2.45, 2.75) is 18.6 Å². The fourth-order valence-corrected chi connectivity index (χ4v) is 2.36. The number of rotatable bonds is 6. The largest absolute Gasteiger partial charge is 0.467 e. The van der Waals surface area contributed by atoms with Gasteiger partial charge < -0.3 is 10.1 Å². The van der Waals surface area contributed by atoms with Gasteiger partial charge in [-0.1, -0.05) is 12.1 Å². The molecule has 0 spiro atoms. The maximum Gasteiger partial charge on any atom is 0.417 e. The predicted octanol–water partition coefficient (Wildman–Crippen LogP) is 1.25. The molecule has 0 saturated carbocycles. The Balaban J connectivity index is 3.03. The smallest absolute Gasteiger partial charge is 0.417 e. The lowest BCUT2D eigenvalue weighted by Crippen LogP contribution is -2.43. The number of ether oxygens (including phenoxy) is 1. The molecule has 1 amide bonds. The summed E-state index contributed by atoms with van der Waals surface area (Å²) in [7, 11) is -3.47. The molecule has 0 aliphatic carbocycles. The summed E-state index contributed by atoms with van der Waals surface area (Å²) in [6.45, 7) is 0. The zero-order valence-corrected chi connectivity index (χ0v) is 13.1. The van der Waals surface area contributed by atoms with Crippen LogP contribution in [0.5, 0.6) is 0 Å². The first kappa shape index (κ1) is 19.9. The molecule has 1 aromatic carbocycles. The van der Waals surface area contributed by atoms with Gasteiger partial charge in [0.25, 0.3) is 16.0 Å². The lowest BCUT2D eigenvalue weighted by molar-refractivity contribution is -0.142. The fourth-order valence-electron chi connectivity index (χ4n) is 1.82. The van der Waals surface area contributed by atoms with E-state index in [1.807, 2.05) is 5.32 Å². The van der Waals surface area contributed by atoms with Gasteiger partial charge in [0.1, 0.15) is 6.04 Å².